The number of anilines is 1. The average Bonchev–Trinajstić information content (AvgIpc) is 2.82. The van der Waals surface area contributed by atoms with Gasteiger partial charge in [-0.25, -0.2) is 0 Å². The molecule has 0 fully saturated rings. The Hall–Kier alpha value is -2.29. The van der Waals surface area contributed by atoms with E-state index in [0.717, 1.165) is 23.4 Å². The summed E-state index contributed by atoms with van der Waals surface area (Å²) in [7, 11) is 0. The van der Waals surface area contributed by atoms with Gasteiger partial charge in [0.05, 0.1) is 0 Å². The fourth-order valence-electron chi connectivity index (χ4n) is 3.04. The lowest BCUT2D eigenvalue weighted by atomic mass is 10.1. The Bertz CT molecular complexity index is 695. The lowest BCUT2D eigenvalue weighted by molar-refractivity contribution is -0.124. The van der Waals surface area contributed by atoms with E-state index in [-0.39, 0.29) is 11.9 Å². The molecule has 0 N–H and O–H groups in total. The van der Waals surface area contributed by atoms with Crippen LogP contribution in [-0.2, 0) is 11.2 Å². The molecule has 22 heavy (non-hydrogen) atoms. The monoisotopic (exact) mass is 295 g/mol. The maximum absolute atomic E-state index is 12.8. The van der Waals surface area contributed by atoms with Gasteiger partial charge in [0.1, 0.15) is 5.75 Å². The van der Waals surface area contributed by atoms with E-state index < -0.39 is 6.10 Å². The van der Waals surface area contributed by atoms with Crippen molar-refractivity contribution < 1.29 is 9.53 Å². The average molecular weight is 295 g/mol. The van der Waals surface area contributed by atoms with Gasteiger partial charge in [0, 0.05) is 11.7 Å². The van der Waals surface area contributed by atoms with Gasteiger partial charge in [0.15, 0.2) is 6.10 Å². The number of nitrogens with zero attached hydrogens (tertiary/aromatic N) is 1. The van der Waals surface area contributed by atoms with E-state index in [1.54, 1.807) is 0 Å². The highest BCUT2D eigenvalue weighted by Crippen LogP contribution is 2.32. The summed E-state index contributed by atoms with van der Waals surface area (Å²) in [5, 5.41) is 0. The van der Waals surface area contributed by atoms with Crippen LogP contribution in [0.1, 0.15) is 25.0 Å². The molecule has 0 unspecified atom stereocenters. The van der Waals surface area contributed by atoms with Crippen LogP contribution in [-0.4, -0.2) is 18.1 Å². The molecule has 0 bridgehead atoms. The van der Waals surface area contributed by atoms with Crippen molar-refractivity contribution in [1.29, 1.82) is 0 Å². The summed E-state index contributed by atoms with van der Waals surface area (Å²) >= 11 is 0. The van der Waals surface area contributed by atoms with Crippen LogP contribution in [0.5, 0.6) is 5.75 Å². The van der Waals surface area contributed by atoms with Crippen molar-refractivity contribution in [3.63, 3.8) is 0 Å². The van der Waals surface area contributed by atoms with Gasteiger partial charge >= 0.3 is 0 Å². The second kappa shape index (κ2) is 5.84. The maximum Gasteiger partial charge on any atom is 0.268 e. The van der Waals surface area contributed by atoms with Crippen molar-refractivity contribution in [3.05, 3.63) is 59.7 Å². The summed E-state index contributed by atoms with van der Waals surface area (Å²) in [5.41, 5.74) is 3.36. The number of benzene rings is 2. The van der Waals surface area contributed by atoms with Crippen LogP contribution in [0.3, 0.4) is 0 Å². The third kappa shape index (κ3) is 2.71. The number of rotatable bonds is 3. The molecular formula is C19H21NO2. The molecule has 3 nitrogen and oxygen atoms in total. The van der Waals surface area contributed by atoms with E-state index in [2.05, 4.69) is 13.0 Å². The summed E-state index contributed by atoms with van der Waals surface area (Å²) in [6.45, 7) is 5.91. The fraction of sp³-hybridized carbons (Fsp3) is 0.316. The van der Waals surface area contributed by atoms with Crippen LogP contribution in [0.4, 0.5) is 5.69 Å². The first kappa shape index (κ1) is 14.6. The highest BCUT2D eigenvalue weighted by molar-refractivity contribution is 5.99. The molecule has 1 aliphatic rings. The Morgan fingerprint density at radius 2 is 2.00 bits per heavy atom. The SMILES string of the molecule is Cc1cccc(O[C@@H](C)C(=O)N2c3ccccc3C[C@H]2C)c1. The molecule has 1 amide bonds. The van der Waals surface area contributed by atoms with Crippen LogP contribution in [0, 0.1) is 6.92 Å². The Morgan fingerprint density at radius 3 is 2.77 bits per heavy atom. The molecule has 0 radical (unpaired) electrons. The largest absolute Gasteiger partial charge is 0.481 e. The number of para-hydroxylation sites is 1. The first-order valence-corrected chi connectivity index (χ1v) is 7.70. The van der Waals surface area contributed by atoms with E-state index in [9.17, 15) is 4.79 Å². The zero-order valence-electron chi connectivity index (χ0n) is 13.2. The standard InChI is InChI=1S/C19H21NO2/c1-13-7-6-9-17(11-13)22-15(3)19(21)20-14(2)12-16-8-4-5-10-18(16)20/h4-11,14-15H,12H2,1-3H3/t14-,15+/m1/s1. The predicted octanol–water partition coefficient (Wildman–Crippen LogP) is 3.74. The normalized spacial score (nSPS) is 18.0. The van der Waals surface area contributed by atoms with E-state index in [1.165, 1.54) is 5.56 Å². The Balaban J connectivity index is 1.79. The van der Waals surface area contributed by atoms with E-state index in [1.807, 2.05) is 61.2 Å². The highest BCUT2D eigenvalue weighted by Gasteiger charge is 2.33. The van der Waals surface area contributed by atoms with Crippen molar-refractivity contribution in [2.45, 2.75) is 39.3 Å². The molecule has 2 aromatic carbocycles. The molecule has 1 heterocycles. The van der Waals surface area contributed by atoms with Gasteiger partial charge in [-0.3, -0.25) is 4.79 Å². The number of hydrogen-bond acceptors (Lipinski definition) is 2. The van der Waals surface area contributed by atoms with Crippen molar-refractivity contribution in [2.75, 3.05) is 4.90 Å². The molecular weight excluding hydrogens is 274 g/mol. The minimum Gasteiger partial charge on any atom is -0.481 e. The molecule has 0 spiro atoms. The van der Waals surface area contributed by atoms with Gasteiger partial charge in [-0.15, -0.1) is 0 Å². The van der Waals surface area contributed by atoms with Crippen molar-refractivity contribution >= 4 is 11.6 Å². The molecule has 3 heteroatoms. The van der Waals surface area contributed by atoms with Crippen molar-refractivity contribution in [2.24, 2.45) is 0 Å². The van der Waals surface area contributed by atoms with E-state index in [0.29, 0.717) is 0 Å². The zero-order chi connectivity index (χ0) is 15.7. The first-order valence-electron chi connectivity index (χ1n) is 7.70. The maximum atomic E-state index is 12.8. The minimum atomic E-state index is -0.504. The van der Waals surface area contributed by atoms with Crippen LogP contribution in [0.25, 0.3) is 0 Å². The smallest absolute Gasteiger partial charge is 0.268 e. The summed E-state index contributed by atoms with van der Waals surface area (Å²) in [5.74, 6) is 0.750. The molecule has 114 valence electrons. The summed E-state index contributed by atoms with van der Waals surface area (Å²) < 4.78 is 5.84. The zero-order valence-corrected chi connectivity index (χ0v) is 13.2. The topological polar surface area (TPSA) is 29.5 Å². The van der Waals surface area contributed by atoms with Crippen molar-refractivity contribution in [3.8, 4) is 5.75 Å². The summed E-state index contributed by atoms with van der Waals surface area (Å²) in [6.07, 6.45) is 0.398. The number of carbonyl (C=O) groups excluding carboxylic acids is 1. The number of hydrogen-bond donors (Lipinski definition) is 0. The van der Waals surface area contributed by atoms with Crippen LogP contribution < -0.4 is 9.64 Å². The minimum absolute atomic E-state index is 0.0129. The quantitative estimate of drug-likeness (QED) is 0.863. The molecule has 0 saturated heterocycles. The fourth-order valence-corrected chi connectivity index (χ4v) is 3.04. The van der Waals surface area contributed by atoms with Gasteiger partial charge in [0.25, 0.3) is 5.91 Å². The Labute approximate surface area is 131 Å². The molecule has 1 aliphatic heterocycles. The molecule has 0 saturated carbocycles. The van der Waals surface area contributed by atoms with Gasteiger partial charge in [-0.05, 0) is 56.5 Å². The lowest BCUT2D eigenvalue weighted by Crippen LogP contribution is -2.43. The number of fused-ring (bicyclic) bond motifs is 1. The van der Waals surface area contributed by atoms with Gasteiger partial charge < -0.3 is 9.64 Å². The Morgan fingerprint density at radius 1 is 1.23 bits per heavy atom. The van der Waals surface area contributed by atoms with Crippen LogP contribution in [0.15, 0.2) is 48.5 Å². The summed E-state index contributed by atoms with van der Waals surface area (Å²) in [6, 6.07) is 16.1. The second-order valence-electron chi connectivity index (χ2n) is 5.97. The third-order valence-corrected chi connectivity index (χ3v) is 4.09. The second-order valence-corrected chi connectivity index (χ2v) is 5.97. The van der Waals surface area contributed by atoms with Gasteiger partial charge in [-0.1, -0.05) is 30.3 Å². The Kier molecular flexibility index (Phi) is 3.88. The van der Waals surface area contributed by atoms with E-state index in [4.69, 9.17) is 4.74 Å². The first-order chi connectivity index (χ1) is 10.6. The molecule has 2 atom stereocenters. The number of carbonyl (C=O) groups is 1. The van der Waals surface area contributed by atoms with Gasteiger partial charge in [0.2, 0.25) is 0 Å². The van der Waals surface area contributed by atoms with Crippen LogP contribution in [0.2, 0.25) is 0 Å². The predicted molar refractivity (Wildman–Crippen MR) is 88.4 cm³/mol. The number of amides is 1. The summed E-state index contributed by atoms with van der Waals surface area (Å²) in [4.78, 5) is 14.7. The molecule has 0 aromatic heterocycles. The molecule has 2 aromatic rings. The molecule has 3 rings (SSSR count). The third-order valence-electron chi connectivity index (χ3n) is 4.09. The molecule has 0 aliphatic carbocycles. The van der Waals surface area contributed by atoms with Gasteiger partial charge in [-0.2, -0.15) is 0 Å². The van der Waals surface area contributed by atoms with E-state index >= 15 is 0 Å². The van der Waals surface area contributed by atoms with Crippen LogP contribution >= 0.6 is 0 Å². The van der Waals surface area contributed by atoms with Crippen molar-refractivity contribution in [1.82, 2.24) is 0 Å². The number of ether oxygens (including phenoxy) is 1. The number of aryl methyl sites for hydroxylation is 1. The lowest BCUT2D eigenvalue weighted by Gasteiger charge is -2.26. The highest BCUT2D eigenvalue weighted by atomic mass is 16.5.